The molecule has 166 valence electrons. The van der Waals surface area contributed by atoms with Crippen molar-refractivity contribution >= 4 is 27.3 Å². The van der Waals surface area contributed by atoms with E-state index in [1.807, 2.05) is 6.92 Å². The van der Waals surface area contributed by atoms with Crippen LogP contribution in [0.5, 0.6) is 0 Å². The van der Waals surface area contributed by atoms with Gasteiger partial charge in [0.2, 0.25) is 0 Å². The van der Waals surface area contributed by atoms with Crippen molar-refractivity contribution in [1.82, 2.24) is 0 Å². The molecule has 0 aromatic heterocycles. The molecule has 5 nitrogen and oxygen atoms in total. The Bertz CT molecular complexity index is 1290. The van der Waals surface area contributed by atoms with Gasteiger partial charge in [-0.3, -0.25) is 9.10 Å². The molecule has 1 aliphatic heterocycles. The Hall–Kier alpha value is -3.33. The van der Waals surface area contributed by atoms with Crippen LogP contribution in [0.2, 0.25) is 0 Å². The first-order valence-electron chi connectivity index (χ1n) is 9.77. The fourth-order valence-corrected chi connectivity index (χ4v) is 5.08. The van der Waals surface area contributed by atoms with Gasteiger partial charge >= 0.3 is 6.18 Å². The number of carbonyl (C=O) groups is 1. The summed E-state index contributed by atoms with van der Waals surface area (Å²) < 4.78 is 66.0. The number of anilines is 2. The molecule has 0 aliphatic carbocycles. The number of aryl methyl sites for hydroxylation is 1. The molecule has 0 saturated carbocycles. The van der Waals surface area contributed by atoms with E-state index in [1.165, 1.54) is 22.5 Å². The van der Waals surface area contributed by atoms with Gasteiger partial charge in [0.15, 0.2) is 0 Å². The molecule has 1 amide bonds. The number of nitrogens with one attached hydrogen (secondary N) is 1. The van der Waals surface area contributed by atoms with Crippen LogP contribution >= 0.6 is 0 Å². The van der Waals surface area contributed by atoms with Gasteiger partial charge in [-0.25, -0.2) is 8.42 Å². The Morgan fingerprint density at radius 3 is 2.41 bits per heavy atom. The largest absolute Gasteiger partial charge is 0.416 e. The summed E-state index contributed by atoms with van der Waals surface area (Å²) in [5, 5.41) is 2.46. The predicted molar refractivity (Wildman–Crippen MR) is 115 cm³/mol. The van der Waals surface area contributed by atoms with Gasteiger partial charge in [-0.05, 0) is 67.4 Å². The third-order valence-electron chi connectivity index (χ3n) is 5.25. The van der Waals surface area contributed by atoms with Crippen molar-refractivity contribution in [3.63, 3.8) is 0 Å². The fourth-order valence-electron chi connectivity index (χ4n) is 3.58. The highest BCUT2D eigenvalue weighted by Crippen LogP contribution is 2.34. The number of sulfonamides is 1. The van der Waals surface area contributed by atoms with Crippen LogP contribution in [0.1, 0.15) is 27.0 Å². The van der Waals surface area contributed by atoms with Gasteiger partial charge in [0.25, 0.3) is 15.9 Å². The van der Waals surface area contributed by atoms with E-state index in [9.17, 15) is 26.4 Å². The molecule has 1 heterocycles. The van der Waals surface area contributed by atoms with Gasteiger partial charge in [0, 0.05) is 17.8 Å². The third-order valence-corrected chi connectivity index (χ3v) is 7.08. The van der Waals surface area contributed by atoms with E-state index < -0.39 is 27.7 Å². The first-order chi connectivity index (χ1) is 15.1. The highest BCUT2D eigenvalue weighted by molar-refractivity contribution is 7.92. The van der Waals surface area contributed by atoms with E-state index >= 15 is 0 Å². The maximum absolute atomic E-state index is 13.0. The number of amides is 1. The molecule has 4 rings (SSSR count). The average molecular weight is 460 g/mol. The van der Waals surface area contributed by atoms with Crippen LogP contribution in [0.25, 0.3) is 0 Å². The molecule has 9 heteroatoms. The average Bonchev–Trinajstić information content (AvgIpc) is 3.18. The van der Waals surface area contributed by atoms with Crippen molar-refractivity contribution in [2.45, 2.75) is 24.4 Å². The molecule has 3 aromatic carbocycles. The molecular weight excluding hydrogens is 441 g/mol. The van der Waals surface area contributed by atoms with Crippen LogP contribution in [-0.2, 0) is 22.6 Å². The zero-order chi connectivity index (χ0) is 23.1. The SMILES string of the molecule is Cc1ccc(S(=O)(=O)N2CCc3cc(C(=O)Nc4cccc(C(F)(F)F)c4)ccc32)cc1. The molecule has 0 unspecified atom stereocenters. The van der Waals surface area contributed by atoms with Gasteiger partial charge < -0.3 is 5.32 Å². The zero-order valence-electron chi connectivity index (χ0n) is 17.0. The highest BCUT2D eigenvalue weighted by atomic mass is 32.2. The molecule has 1 N–H and O–H groups in total. The maximum Gasteiger partial charge on any atom is 0.416 e. The number of halogens is 3. The lowest BCUT2D eigenvalue weighted by Crippen LogP contribution is -2.29. The smallest absolute Gasteiger partial charge is 0.322 e. The lowest BCUT2D eigenvalue weighted by atomic mass is 10.1. The number of fused-ring (bicyclic) bond motifs is 1. The number of hydrogen-bond acceptors (Lipinski definition) is 3. The van der Waals surface area contributed by atoms with Crippen LogP contribution < -0.4 is 9.62 Å². The lowest BCUT2D eigenvalue weighted by Gasteiger charge is -2.20. The van der Waals surface area contributed by atoms with Crippen molar-refractivity contribution in [3.05, 3.63) is 89.0 Å². The van der Waals surface area contributed by atoms with E-state index in [0.29, 0.717) is 17.7 Å². The molecule has 0 spiro atoms. The highest BCUT2D eigenvalue weighted by Gasteiger charge is 2.32. The minimum atomic E-state index is -4.51. The second-order valence-corrected chi connectivity index (χ2v) is 9.38. The molecule has 3 aromatic rings. The van der Waals surface area contributed by atoms with Gasteiger partial charge in [0.05, 0.1) is 16.1 Å². The Kier molecular flexibility index (Phi) is 5.46. The standard InChI is InChI=1S/C23H19F3N2O3S/c1-15-5-8-20(9-6-15)32(30,31)28-12-11-16-13-17(7-10-21(16)28)22(29)27-19-4-2-3-18(14-19)23(24,25)26/h2-10,13-14H,11-12H2,1H3,(H,27,29). The summed E-state index contributed by atoms with van der Waals surface area (Å²) in [5.41, 5.74) is 1.51. The van der Waals surface area contributed by atoms with Crippen molar-refractivity contribution < 1.29 is 26.4 Å². The molecule has 0 atom stereocenters. The van der Waals surface area contributed by atoms with E-state index in [0.717, 1.165) is 17.7 Å². The number of alkyl halides is 3. The number of nitrogens with zero attached hydrogens (tertiary/aromatic N) is 1. The minimum absolute atomic E-state index is 0.0221. The Labute approximate surface area is 183 Å². The van der Waals surface area contributed by atoms with Gasteiger partial charge in [-0.2, -0.15) is 13.2 Å². The second kappa shape index (κ2) is 7.98. The molecule has 0 fully saturated rings. The molecule has 0 bridgehead atoms. The summed E-state index contributed by atoms with van der Waals surface area (Å²) in [7, 11) is -3.74. The molecule has 32 heavy (non-hydrogen) atoms. The summed E-state index contributed by atoms with van der Waals surface area (Å²) >= 11 is 0. The van der Waals surface area contributed by atoms with Gasteiger partial charge in [0.1, 0.15) is 0 Å². The number of hydrogen-bond donors (Lipinski definition) is 1. The molecule has 0 radical (unpaired) electrons. The molecular formula is C23H19F3N2O3S. The normalized spacial score (nSPS) is 13.7. The fraction of sp³-hybridized carbons (Fsp3) is 0.174. The van der Waals surface area contributed by atoms with Gasteiger partial charge in [-0.1, -0.05) is 23.8 Å². The first kappa shape index (κ1) is 21.9. The zero-order valence-corrected chi connectivity index (χ0v) is 17.8. The topological polar surface area (TPSA) is 66.5 Å². The summed E-state index contributed by atoms with van der Waals surface area (Å²) in [6, 6.07) is 15.5. The number of rotatable bonds is 4. The van der Waals surface area contributed by atoms with Crippen LogP contribution in [0.15, 0.2) is 71.6 Å². The van der Waals surface area contributed by atoms with E-state index in [-0.39, 0.29) is 22.7 Å². The van der Waals surface area contributed by atoms with E-state index in [4.69, 9.17) is 0 Å². The summed E-state index contributed by atoms with van der Waals surface area (Å²) in [6.45, 7) is 2.11. The van der Waals surface area contributed by atoms with Crippen LogP contribution in [0, 0.1) is 6.92 Å². The van der Waals surface area contributed by atoms with Crippen LogP contribution in [0.3, 0.4) is 0 Å². The first-order valence-corrected chi connectivity index (χ1v) is 11.2. The molecule has 1 aliphatic rings. The van der Waals surface area contributed by atoms with E-state index in [2.05, 4.69) is 5.32 Å². The van der Waals surface area contributed by atoms with Crippen LogP contribution in [-0.4, -0.2) is 20.9 Å². The van der Waals surface area contributed by atoms with Gasteiger partial charge in [-0.15, -0.1) is 0 Å². The Morgan fingerprint density at radius 1 is 1.00 bits per heavy atom. The number of carbonyl (C=O) groups excluding carboxylic acids is 1. The van der Waals surface area contributed by atoms with Crippen LogP contribution in [0.4, 0.5) is 24.5 Å². The third kappa shape index (κ3) is 4.20. The van der Waals surface area contributed by atoms with Crippen molar-refractivity contribution in [3.8, 4) is 0 Å². The summed E-state index contributed by atoms with van der Waals surface area (Å²) in [4.78, 5) is 12.8. The monoisotopic (exact) mass is 460 g/mol. The lowest BCUT2D eigenvalue weighted by molar-refractivity contribution is -0.137. The van der Waals surface area contributed by atoms with Crippen molar-refractivity contribution in [2.75, 3.05) is 16.2 Å². The second-order valence-electron chi connectivity index (χ2n) is 7.52. The summed E-state index contributed by atoms with van der Waals surface area (Å²) in [5.74, 6) is -0.577. The predicted octanol–water partition coefficient (Wildman–Crippen LogP) is 5.02. The Morgan fingerprint density at radius 2 is 1.72 bits per heavy atom. The minimum Gasteiger partial charge on any atom is -0.322 e. The summed E-state index contributed by atoms with van der Waals surface area (Å²) in [6.07, 6.45) is -4.09. The maximum atomic E-state index is 13.0. The molecule has 0 saturated heterocycles. The van der Waals surface area contributed by atoms with Crippen molar-refractivity contribution in [2.24, 2.45) is 0 Å². The van der Waals surface area contributed by atoms with E-state index in [1.54, 1.807) is 36.4 Å². The number of benzene rings is 3. The Balaban J connectivity index is 1.56. The van der Waals surface area contributed by atoms with Crippen molar-refractivity contribution in [1.29, 1.82) is 0 Å². The quantitative estimate of drug-likeness (QED) is 0.595.